The molecule has 0 amide bonds. The van der Waals surface area contributed by atoms with Crippen LogP contribution < -0.4 is 17.3 Å². The molecule has 0 unspecified atom stereocenters. The van der Waals surface area contributed by atoms with Crippen molar-refractivity contribution in [2.24, 2.45) is 0 Å². The summed E-state index contributed by atoms with van der Waals surface area (Å²) in [5.41, 5.74) is 4.04. The molecule has 4 aromatic carbocycles. The summed E-state index contributed by atoms with van der Waals surface area (Å²) in [6.07, 6.45) is 2.78. The summed E-state index contributed by atoms with van der Waals surface area (Å²) in [7, 11) is -11.7. The molecule has 0 heterocycles. The third-order valence-corrected chi connectivity index (χ3v) is 7.53. The van der Waals surface area contributed by atoms with Gasteiger partial charge in [-0.15, -0.1) is 0 Å². The summed E-state index contributed by atoms with van der Waals surface area (Å²) in [6.45, 7) is 3.60. The zero-order valence-electron chi connectivity index (χ0n) is 24.0. The van der Waals surface area contributed by atoms with E-state index in [1.165, 1.54) is 18.2 Å². The average Bonchev–Trinajstić information content (AvgIpc) is 2.88. The van der Waals surface area contributed by atoms with Gasteiger partial charge in [-0.25, -0.2) is 0 Å². The molecule has 0 spiro atoms. The Hall–Kier alpha value is -4.07. The molecular formula is C30H30O10S3. The topological polar surface area (TPSA) is 139 Å². The highest BCUT2D eigenvalue weighted by Gasteiger charge is 2.23. The predicted molar refractivity (Wildman–Crippen MR) is 164 cm³/mol. The van der Waals surface area contributed by atoms with Crippen LogP contribution in [0.1, 0.15) is 16.7 Å². The molecule has 228 valence electrons. The van der Waals surface area contributed by atoms with E-state index in [9.17, 15) is 25.3 Å². The van der Waals surface area contributed by atoms with Gasteiger partial charge in [0.2, 0.25) is 0 Å². The lowest BCUT2D eigenvalue weighted by molar-refractivity contribution is 0.296. The van der Waals surface area contributed by atoms with Crippen LogP contribution in [0.3, 0.4) is 0 Å². The lowest BCUT2D eigenvalue weighted by atomic mass is 9.90. The quantitative estimate of drug-likeness (QED) is 0.199. The summed E-state index contributed by atoms with van der Waals surface area (Å²) in [4.78, 5) is 0. The van der Waals surface area contributed by atoms with Crippen LogP contribution in [0.2, 0.25) is 0 Å². The van der Waals surface area contributed by atoms with E-state index >= 15 is 0 Å². The Kier molecular flexibility index (Phi) is 9.09. The van der Waals surface area contributed by atoms with Gasteiger partial charge in [-0.3, -0.25) is 0 Å². The van der Waals surface area contributed by atoms with E-state index < -0.39 is 30.4 Å². The van der Waals surface area contributed by atoms with Crippen molar-refractivity contribution < 1.29 is 42.5 Å². The highest BCUT2D eigenvalue weighted by atomic mass is 32.2. The molecule has 0 N–H and O–H groups in total. The van der Waals surface area contributed by atoms with Gasteiger partial charge in [-0.2, -0.15) is 25.3 Å². The van der Waals surface area contributed by atoms with Gasteiger partial charge in [0, 0.05) is 11.1 Å². The number of hydrogen-bond acceptors (Lipinski definition) is 10. The number of benzene rings is 4. The van der Waals surface area contributed by atoms with Crippen molar-refractivity contribution in [3.63, 3.8) is 0 Å². The highest BCUT2D eigenvalue weighted by molar-refractivity contribution is 7.86. The Morgan fingerprint density at radius 2 is 1.19 bits per heavy atom. The number of ether oxygens (including phenoxy) is 1. The molecule has 0 atom stereocenters. The summed E-state index contributed by atoms with van der Waals surface area (Å²) in [5.74, 6) is 0.255. The largest absolute Gasteiger partial charge is 0.485 e. The predicted octanol–water partition coefficient (Wildman–Crippen LogP) is 5.23. The molecule has 0 saturated heterocycles. The normalized spacial score (nSPS) is 12.0. The minimum absolute atomic E-state index is 0.0391. The van der Waals surface area contributed by atoms with Crippen LogP contribution in [-0.2, 0) is 37.0 Å². The number of aryl methyl sites for hydroxylation is 1. The van der Waals surface area contributed by atoms with Gasteiger partial charge >= 0.3 is 30.4 Å². The first-order valence-corrected chi connectivity index (χ1v) is 18.2. The zero-order valence-corrected chi connectivity index (χ0v) is 26.5. The van der Waals surface area contributed by atoms with Crippen molar-refractivity contribution in [2.75, 3.05) is 18.8 Å². The van der Waals surface area contributed by atoms with Crippen LogP contribution in [0.15, 0.2) is 78.9 Å². The van der Waals surface area contributed by atoms with E-state index in [0.717, 1.165) is 24.3 Å². The monoisotopic (exact) mass is 646 g/mol. The molecule has 0 aliphatic rings. The second-order valence-electron chi connectivity index (χ2n) is 9.89. The standard InChI is InChI=1S/C30H30O10S3/c1-20-17-26(23-11-14-25(15-12-23)38-41(3,31)32)21(2)30(40-43(5,35)36)29(20)24-13-16-27(28(18-24)39-42(4,33)34)37-19-22-9-7-6-8-10-22/h6-18H,19H2,1-5H3. The minimum Gasteiger partial charge on any atom is -0.485 e. The average molecular weight is 647 g/mol. The van der Waals surface area contributed by atoms with Crippen LogP contribution in [0.4, 0.5) is 0 Å². The van der Waals surface area contributed by atoms with Crippen LogP contribution in [0, 0.1) is 13.8 Å². The fourth-order valence-corrected chi connectivity index (χ4v) is 5.84. The molecule has 4 aromatic rings. The highest BCUT2D eigenvalue weighted by Crippen LogP contribution is 2.44. The molecule has 0 fully saturated rings. The Morgan fingerprint density at radius 1 is 0.605 bits per heavy atom. The van der Waals surface area contributed by atoms with Crippen molar-refractivity contribution in [1.29, 1.82) is 0 Å². The van der Waals surface area contributed by atoms with Gasteiger partial charge in [0.1, 0.15) is 12.4 Å². The Balaban J connectivity index is 1.83. The van der Waals surface area contributed by atoms with Gasteiger partial charge in [-0.1, -0.05) is 54.6 Å². The fourth-order valence-electron chi connectivity index (χ4n) is 4.41. The third kappa shape index (κ3) is 8.72. The van der Waals surface area contributed by atoms with Crippen molar-refractivity contribution in [1.82, 2.24) is 0 Å². The minimum atomic E-state index is -4.00. The maximum Gasteiger partial charge on any atom is 0.306 e. The fraction of sp³-hybridized carbons (Fsp3) is 0.200. The van der Waals surface area contributed by atoms with E-state index in [4.69, 9.17) is 17.3 Å². The Bertz CT molecular complexity index is 1970. The Labute approximate surface area is 252 Å². The van der Waals surface area contributed by atoms with Gasteiger partial charge < -0.3 is 17.3 Å². The smallest absolute Gasteiger partial charge is 0.306 e. The summed E-state index contributed by atoms with van der Waals surface area (Å²) in [6, 6.07) is 22.0. The van der Waals surface area contributed by atoms with E-state index in [2.05, 4.69) is 0 Å². The molecule has 0 aliphatic carbocycles. The molecular weight excluding hydrogens is 617 g/mol. The molecule has 0 aromatic heterocycles. The second kappa shape index (κ2) is 12.3. The van der Waals surface area contributed by atoms with Gasteiger partial charge in [0.25, 0.3) is 0 Å². The molecule has 13 heteroatoms. The lowest BCUT2D eigenvalue weighted by Crippen LogP contribution is -2.10. The van der Waals surface area contributed by atoms with Crippen molar-refractivity contribution in [3.05, 3.63) is 95.6 Å². The third-order valence-electron chi connectivity index (χ3n) is 6.09. The summed E-state index contributed by atoms with van der Waals surface area (Å²) >= 11 is 0. The molecule has 4 rings (SSSR count). The van der Waals surface area contributed by atoms with Crippen LogP contribution in [-0.4, -0.2) is 44.0 Å². The first-order valence-electron chi connectivity index (χ1n) is 12.7. The molecule has 0 bridgehead atoms. The number of rotatable bonds is 11. The van der Waals surface area contributed by atoms with E-state index in [0.29, 0.717) is 33.4 Å². The first-order chi connectivity index (χ1) is 20.0. The SMILES string of the molecule is Cc1cc(-c2ccc(OS(C)(=O)=O)cc2)c(C)c(OS(C)(=O)=O)c1-c1ccc(OCc2ccccc2)c(OS(C)(=O)=O)c1. The maximum atomic E-state index is 12.4. The lowest BCUT2D eigenvalue weighted by Gasteiger charge is -2.20. The molecule has 0 radical (unpaired) electrons. The molecule has 10 nitrogen and oxygen atoms in total. The van der Waals surface area contributed by atoms with Crippen molar-refractivity contribution >= 4 is 30.4 Å². The van der Waals surface area contributed by atoms with Gasteiger partial charge in [0.05, 0.1) is 18.8 Å². The number of hydrogen-bond donors (Lipinski definition) is 0. The summed E-state index contributed by atoms with van der Waals surface area (Å²) in [5, 5.41) is 0. The van der Waals surface area contributed by atoms with Crippen molar-refractivity contribution in [2.45, 2.75) is 20.5 Å². The van der Waals surface area contributed by atoms with E-state index in [-0.39, 0.29) is 29.6 Å². The van der Waals surface area contributed by atoms with Gasteiger partial charge in [-0.05, 0) is 65.9 Å². The summed E-state index contributed by atoms with van der Waals surface area (Å²) < 4.78 is 93.5. The van der Waals surface area contributed by atoms with Crippen molar-refractivity contribution in [3.8, 4) is 45.3 Å². The molecule has 0 saturated carbocycles. The van der Waals surface area contributed by atoms with E-state index in [1.807, 2.05) is 36.4 Å². The Morgan fingerprint density at radius 3 is 1.77 bits per heavy atom. The van der Waals surface area contributed by atoms with E-state index in [1.54, 1.807) is 38.1 Å². The second-order valence-corrected chi connectivity index (χ2v) is 14.6. The van der Waals surface area contributed by atoms with Crippen LogP contribution in [0.25, 0.3) is 22.3 Å². The van der Waals surface area contributed by atoms with Gasteiger partial charge in [0.15, 0.2) is 17.2 Å². The van der Waals surface area contributed by atoms with Crippen LogP contribution in [0.5, 0.6) is 23.0 Å². The zero-order chi connectivity index (χ0) is 31.6. The van der Waals surface area contributed by atoms with Crippen LogP contribution >= 0.6 is 0 Å². The molecule has 0 aliphatic heterocycles. The maximum absolute atomic E-state index is 12.4. The molecule has 43 heavy (non-hydrogen) atoms. The first kappa shape index (κ1) is 31.9.